The van der Waals surface area contributed by atoms with Crippen molar-refractivity contribution >= 4 is 5.97 Å². The fraction of sp³-hybridized carbons (Fsp3) is 0.385. The first kappa shape index (κ1) is 21.8. The van der Waals surface area contributed by atoms with E-state index in [2.05, 4.69) is 66.2 Å². The van der Waals surface area contributed by atoms with Crippen LogP contribution in [-0.4, -0.2) is 20.9 Å². The van der Waals surface area contributed by atoms with Crippen molar-refractivity contribution in [2.75, 3.05) is 0 Å². The molecule has 3 rings (SSSR count). The minimum Gasteiger partial charge on any atom is -0.481 e. The number of carboxylic acid groups (broad SMARTS) is 1. The molecule has 4 heteroatoms. The third-order valence-electron chi connectivity index (χ3n) is 5.51. The second-order valence-corrected chi connectivity index (χ2v) is 7.75. The molecule has 1 aromatic heterocycles. The van der Waals surface area contributed by atoms with Gasteiger partial charge in [0.05, 0.1) is 11.4 Å². The molecule has 0 bridgehead atoms. The SMILES string of the molecule is CCc1c(-c2ccccc2)nn(CCCCCCCCC(=O)O)c1-c1ccccc1. The number of carbonyl (C=O) groups is 1. The van der Waals surface area contributed by atoms with Crippen molar-refractivity contribution in [3.05, 3.63) is 66.2 Å². The van der Waals surface area contributed by atoms with Crippen molar-refractivity contribution in [3.8, 4) is 22.5 Å². The minimum atomic E-state index is -0.692. The average molecular weight is 405 g/mol. The van der Waals surface area contributed by atoms with Crippen molar-refractivity contribution in [1.82, 2.24) is 9.78 Å². The van der Waals surface area contributed by atoms with E-state index in [1.165, 1.54) is 22.4 Å². The summed E-state index contributed by atoms with van der Waals surface area (Å²) in [4.78, 5) is 10.6. The van der Waals surface area contributed by atoms with Gasteiger partial charge in [-0.1, -0.05) is 93.3 Å². The molecule has 0 aliphatic rings. The molecule has 0 saturated heterocycles. The number of nitrogens with zero attached hydrogens (tertiary/aromatic N) is 2. The first-order chi connectivity index (χ1) is 14.7. The highest BCUT2D eigenvalue weighted by Crippen LogP contribution is 2.33. The molecule has 2 aromatic carbocycles. The van der Waals surface area contributed by atoms with Crippen LogP contribution < -0.4 is 0 Å². The topological polar surface area (TPSA) is 55.1 Å². The standard InChI is InChI=1S/C26H32N2O2/c1-2-23-25(21-15-9-7-10-16-21)27-28(26(23)22-17-11-8-12-18-22)20-14-6-4-3-5-13-19-24(29)30/h7-12,15-18H,2-6,13-14,19-20H2,1H3,(H,29,30). The first-order valence-electron chi connectivity index (χ1n) is 11.1. The Bertz CT molecular complexity index is 917. The summed E-state index contributed by atoms with van der Waals surface area (Å²) in [6.45, 7) is 3.11. The molecule has 158 valence electrons. The van der Waals surface area contributed by atoms with E-state index in [0.717, 1.165) is 57.2 Å². The Balaban J connectivity index is 1.71. The predicted octanol–water partition coefficient (Wildman–Crippen LogP) is 6.59. The third kappa shape index (κ3) is 5.82. The van der Waals surface area contributed by atoms with Gasteiger partial charge in [0.15, 0.2) is 0 Å². The Hall–Kier alpha value is -2.88. The molecule has 30 heavy (non-hydrogen) atoms. The van der Waals surface area contributed by atoms with Gasteiger partial charge in [0.2, 0.25) is 0 Å². The summed E-state index contributed by atoms with van der Waals surface area (Å²) in [5.41, 5.74) is 6.02. The van der Waals surface area contributed by atoms with Gasteiger partial charge in [-0.2, -0.15) is 5.10 Å². The number of aliphatic carboxylic acids is 1. The van der Waals surface area contributed by atoms with Crippen LogP contribution in [0.5, 0.6) is 0 Å². The zero-order valence-corrected chi connectivity index (χ0v) is 17.9. The van der Waals surface area contributed by atoms with Gasteiger partial charge in [-0.05, 0) is 19.3 Å². The lowest BCUT2D eigenvalue weighted by Gasteiger charge is -2.10. The number of hydrogen-bond acceptors (Lipinski definition) is 2. The Morgan fingerprint density at radius 2 is 1.40 bits per heavy atom. The fourth-order valence-corrected chi connectivity index (χ4v) is 3.99. The van der Waals surface area contributed by atoms with Gasteiger partial charge in [-0.25, -0.2) is 0 Å². The Kier molecular flexibility index (Phi) is 8.25. The average Bonchev–Trinajstić information content (AvgIpc) is 3.15. The number of aromatic nitrogens is 2. The van der Waals surface area contributed by atoms with E-state index in [4.69, 9.17) is 10.2 Å². The summed E-state index contributed by atoms with van der Waals surface area (Å²) in [6, 6.07) is 21.0. The van der Waals surface area contributed by atoms with Gasteiger partial charge < -0.3 is 5.11 Å². The van der Waals surface area contributed by atoms with Crippen molar-refractivity contribution in [2.24, 2.45) is 0 Å². The van der Waals surface area contributed by atoms with Crippen LogP contribution >= 0.6 is 0 Å². The van der Waals surface area contributed by atoms with Crippen LogP contribution in [0.4, 0.5) is 0 Å². The molecule has 0 unspecified atom stereocenters. The summed E-state index contributed by atoms with van der Waals surface area (Å²) < 4.78 is 2.20. The van der Waals surface area contributed by atoms with Crippen molar-refractivity contribution in [3.63, 3.8) is 0 Å². The zero-order valence-electron chi connectivity index (χ0n) is 17.9. The summed E-state index contributed by atoms with van der Waals surface area (Å²) in [5, 5.41) is 13.8. The maximum Gasteiger partial charge on any atom is 0.303 e. The number of hydrogen-bond donors (Lipinski definition) is 1. The van der Waals surface area contributed by atoms with Crippen molar-refractivity contribution < 1.29 is 9.90 Å². The first-order valence-corrected chi connectivity index (χ1v) is 11.1. The molecule has 4 nitrogen and oxygen atoms in total. The van der Waals surface area contributed by atoms with E-state index < -0.39 is 5.97 Å². The predicted molar refractivity (Wildman–Crippen MR) is 122 cm³/mol. The van der Waals surface area contributed by atoms with Crippen molar-refractivity contribution in [2.45, 2.75) is 64.8 Å². The largest absolute Gasteiger partial charge is 0.481 e. The molecule has 0 fully saturated rings. The van der Waals surface area contributed by atoms with Crippen LogP contribution in [0.25, 0.3) is 22.5 Å². The Morgan fingerprint density at radius 1 is 0.833 bits per heavy atom. The maximum absolute atomic E-state index is 10.6. The summed E-state index contributed by atoms with van der Waals surface area (Å²) in [5.74, 6) is -0.692. The number of carboxylic acids is 1. The Labute approximate surface area is 179 Å². The van der Waals surface area contributed by atoms with Crippen LogP contribution in [0, 0.1) is 0 Å². The van der Waals surface area contributed by atoms with Gasteiger partial charge in [-0.15, -0.1) is 0 Å². The smallest absolute Gasteiger partial charge is 0.303 e. The molecule has 0 atom stereocenters. The van der Waals surface area contributed by atoms with E-state index in [1.807, 2.05) is 6.07 Å². The Morgan fingerprint density at radius 3 is 2.00 bits per heavy atom. The highest BCUT2D eigenvalue weighted by molar-refractivity contribution is 5.74. The molecular weight excluding hydrogens is 372 g/mol. The number of rotatable bonds is 12. The molecule has 0 spiro atoms. The molecule has 1 N–H and O–H groups in total. The lowest BCUT2D eigenvalue weighted by Crippen LogP contribution is -2.03. The molecule has 0 saturated carbocycles. The van der Waals surface area contributed by atoms with Crippen LogP contribution in [0.2, 0.25) is 0 Å². The van der Waals surface area contributed by atoms with E-state index in [9.17, 15) is 4.79 Å². The van der Waals surface area contributed by atoms with Gasteiger partial charge in [0.1, 0.15) is 0 Å². The molecule has 0 radical (unpaired) electrons. The molecule has 0 amide bonds. The lowest BCUT2D eigenvalue weighted by atomic mass is 10.00. The van der Waals surface area contributed by atoms with Gasteiger partial charge in [0.25, 0.3) is 0 Å². The third-order valence-corrected chi connectivity index (χ3v) is 5.51. The number of unbranched alkanes of at least 4 members (excludes halogenated alkanes) is 5. The van der Waals surface area contributed by atoms with Crippen LogP contribution in [-0.2, 0) is 17.8 Å². The molecular formula is C26H32N2O2. The summed E-state index contributed by atoms with van der Waals surface area (Å²) in [7, 11) is 0. The van der Waals surface area contributed by atoms with E-state index >= 15 is 0 Å². The second kappa shape index (κ2) is 11.3. The van der Waals surface area contributed by atoms with Crippen LogP contribution in [0.15, 0.2) is 60.7 Å². The minimum absolute atomic E-state index is 0.287. The molecule has 3 aromatic rings. The molecule has 0 aliphatic carbocycles. The van der Waals surface area contributed by atoms with Crippen LogP contribution in [0.3, 0.4) is 0 Å². The van der Waals surface area contributed by atoms with E-state index in [0.29, 0.717) is 0 Å². The van der Waals surface area contributed by atoms with Crippen LogP contribution in [0.1, 0.15) is 57.4 Å². The summed E-state index contributed by atoms with van der Waals surface area (Å²) >= 11 is 0. The van der Waals surface area contributed by atoms with E-state index in [1.54, 1.807) is 0 Å². The van der Waals surface area contributed by atoms with Gasteiger partial charge in [0, 0.05) is 29.7 Å². The number of benzene rings is 2. The quantitative estimate of drug-likeness (QED) is 0.346. The highest BCUT2D eigenvalue weighted by atomic mass is 16.4. The summed E-state index contributed by atoms with van der Waals surface area (Å²) in [6.07, 6.45) is 7.49. The molecule has 0 aliphatic heterocycles. The maximum atomic E-state index is 10.6. The van der Waals surface area contributed by atoms with Gasteiger partial charge in [-0.3, -0.25) is 9.48 Å². The molecule has 1 heterocycles. The van der Waals surface area contributed by atoms with E-state index in [-0.39, 0.29) is 6.42 Å². The fourth-order valence-electron chi connectivity index (χ4n) is 3.99. The zero-order chi connectivity index (χ0) is 21.2. The second-order valence-electron chi connectivity index (χ2n) is 7.75. The monoisotopic (exact) mass is 404 g/mol. The number of aryl methyl sites for hydroxylation is 1. The highest BCUT2D eigenvalue weighted by Gasteiger charge is 2.18. The van der Waals surface area contributed by atoms with Gasteiger partial charge >= 0.3 is 5.97 Å². The lowest BCUT2D eigenvalue weighted by molar-refractivity contribution is -0.137. The van der Waals surface area contributed by atoms with Crippen molar-refractivity contribution in [1.29, 1.82) is 0 Å². The normalized spacial score (nSPS) is 11.0.